The molecule has 0 amide bonds. The van der Waals surface area contributed by atoms with Gasteiger partial charge >= 0.3 is 0 Å². The van der Waals surface area contributed by atoms with Crippen LogP contribution in [0.5, 0.6) is 0 Å². The van der Waals surface area contributed by atoms with Gasteiger partial charge in [-0.15, -0.1) is 0 Å². The largest absolute Gasteiger partial charge is 0.388 e. The Morgan fingerprint density at radius 1 is 1.16 bits per heavy atom. The molecular weight excluding hydrogens is 236 g/mol. The summed E-state index contributed by atoms with van der Waals surface area (Å²) in [6, 6.07) is 8.76. The molecule has 102 valence electrons. The molecule has 19 heavy (non-hydrogen) atoms. The van der Waals surface area contributed by atoms with Crippen LogP contribution in [0.3, 0.4) is 0 Å². The SMILES string of the molecule is CCc1ccc(CC(O)c2cnn(C(C)C)c2)cc1. The number of aliphatic hydroxyl groups excluding tert-OH is 1. The number of nitrogens with zero attached hydrogens (tertiary/aromatic N) is 2. The Morgan fingerprint density at radius 2 is 1.79 bits per heavy atom. The highest BCUT2D eigenvalue weighted by atomic mass is 16.3. The molecule has 0 saturated carbocycles. The van der Waals surface area contributed by atoms with E-state index in [1.54, 1.807) is 6.20 Å². The average molecular weight is 258 g/mol. The summed E-state index contributed by atoms with van der Waals surface area (Å²) < 4.78 is 1.87. The molecule has 1 atom stereocenters. The third-order valence-corrected chi connectivity index (χ3v) is 3.40. The second-order valence-corrected chi connectivity index (χ2v) is 5.24. The van der Waals surface area contributed by atoms with Gasteiger partial charge in [-0.1, -0.05) is 31.2 Å². The fourth-order valence-electron chi connectivity index (χ4n) is 2.06. The van der Waals surface area contributed by atoms with E-state index in [-0.39, 0.29) is 0 Å². The van der Waals surface area contributed by atoms with Gasteiger partial charge in [0.25, 0.3) is 0 Å². The summed E-state index contributed by atoms with van der Waals surface area (Å²) in [5, 5.41) is 14.5. The molecule has 3 heteroatoms. The minimum Gasteiger partial charge on any atom is -0.388 e. The molecule has 0 bridgehead atoms. The van der Waals surface area contributed by atoms with Crippen LogP contribution in [0.15, 0.2) is 36.7 Å². The van der Waals surface area contributed by atoms with Crippen molar-refractivity contribution in [2.45, 2.75) is 45.8 Å². The highest BCUT2D eigenvalue weighted by Gasteiger charge is 2.12. The van der Waals surface area contributed by atoms with Crippen LogP contribution in [0.25, 0.3) is 0 Å². The minimum atomic E-state index is -0.486. The Labute approximate surface area is 114 Å². The molecule has 0 aliphatic rings. The second-order valence-electron chi connectivity index (χ2n) is 5.24. The molecular formula is C16H22N2O. The van der Waals surface area contributed by atoms with Crippen LogP contribution in [0.4, 0.5) is 0 Å². The van der Waals surface area contributed by atoms with Crippen molar-refractivity contribution < 1.29 is 5.11 Å². The lowest BCUT2D eigenvalue weighted by Gasteiger charge is -2.09. The number of hydrogen-bond acceptors (Lipinski definition) is 2. The van der Waals surface area contributed by atoms with E-state index in [0.29, 0.717) is 12.5 Å². The quantitative estimate of drug-likeness (QED) is 0.893. The first-order chi connectivity index (χ1) is 9.10. The molecule has 0 aliphatic heterocycles. The molecule has 1 heterocycles. The van der Waals surface area contributed by atoms with Crippen LogP contribution in [-0.2, 0) is 12.8 Å². The van der Waals surface area contributed by atoms with Crippen molar-refractivity contribution in [2.24, 2.45) is 0 Å². The summed E-state index contributed by atoms with van der Waals surface area (Å²) in [6.45, 7) is 6.30. The first-order valence-corrected chi connectivity index (χ1v) is 6.90. The number of rotatable bonds is 5. The van der Waals surface area contributed by atoms with Gasteiger partial charge in [-0.25, -0.2) is 0 Å². The molecule has 1 unspecified atom stereocenters. The summed E-state index contributed by atoms with van der Waals surface area (Å²) in [7, 11) is 0. The summed E-state index contributed by atoms with van der Waals surface area (Å²) in [5.41, 5.74) is 3.36. The maximum absolute atomic E-state index is 10.2. The van der Waals surface area contributed by atoms with Gasteiger partial charge in [0.15, 0.2) is 0 Å². The van der Waals surface area contributed by atoms with Gasteiger partial charge in [0, 0.05) is 24.2 Å². The number of aromatic nitrogens is 2. The third kappa shape index (κ3) is 3.44. The smallest absolute Gasteiger partial charge is 0.0860 e. The van der Waals surface area contributed by atoms with Gasteiger partial charge in [0.1, 0.15) is 0 Å². The van der Waals surface area contributed by atoms with Crippen LogP contribution < -0.4 is 0 Å². The van der Waals surface area contributed by atoms with Crippen LogP contribution >= 0.6 is 0 Å². The average Bonchev–Trinajstić information content (AvgIpc) is 2.89. The van der Waals surface area contributed by atoms with Crippen LogP contribution in [0, 0.1) is 0 Å². The van der Waals surface area contributed by atoms with Gasteiger partial charge in [-0.05, 0) is 31.4 Å². The van der Waals surface area contributed by atoms with E-state index in [4.69, 9.17) is 0 Å². The summed E-state index contributed by atoms with van der Waals surface area (Å²) in [6.07, 6.45) is 4.87. The molecule has 0 spiro atoms. The number of aryl methyl sites for hydroxylation is 1. The number of hydrogen-bond donors (Lipinski definition) is 1. The minimum absolute atomic E-state index is 0.324. The Morgan fingerprint density at radius 3 is 2.32 bits per heavy atom. The standard InChI is InChI=1S/C16H22N2O/c1-4-13-5-7-14(8-6-13)9-16(19)15-10-17-18(11-15)12(2)3/h5-8,10-12,16,19H,4,9H2,1-3H3. The zero-order valence-electron chi connectivity index (χ0n) is 11.9. The summed E-state index contributed by atoms with van der Waals surface area (Å²) >= 11 is 0. The van der Waals surface area contributed by atoms with Crippen molar-refractivity contribution in [2.75, 3.05) is 0 Å². The Kier molecular flexibility index (Phi) is 4.38. The molecule has 0 fully saturated rings. The van der Waals surface area contributed by atoms with Crippen molar-refractivity contribution in [1.82, 2.24) is 9.78 Å². The molecule has 3 nitrogen and oxygen atoms in total. The zero-order chi connectivity index (χ0) is 13.8. The first kappa shape index (κ1) is 13.8. The maximum atomic E-state index is 10.2. The molecule has 1 aromatic carbocycles. The predicted octanol–water partition coefficient (Wildman–Crippen LogP) is 3.30. The van der Waals surface area contributed by atoms with Gasteiger partial charge < -0.3 is 5.11 Å². The van der Waals surface area contributed by atoms with Gasteiger partial charge in [0.05, 0.1) is 12.3 Å². The summed E-state index contributed by atoms with van der Waals surface area (Å²) in [5.74, 6) is 0. The second kappa shape index (κ2) is 6.02. The van der Waals surface area contributed by atoms with E-state index in [2.05, 4.69) is 50.1 Å². The lowest BCUT2D eigenvalue weighted by atomic mass is 10.0. The van der Waals surface area contributed by atoms with Gasteiger partial charge in [0.2, 0.25) is 0 Å². The van der Waals surface area contributed by atoms with E-state index < -0.39 is 6.10 Å². The Bertz CT molecular complexity index is 514. The summed E-state index contributed by atoms with van der Waals surface area (Å²) in [4.78, 5) is 0. The molecule has 0 radical (unpaired) electrons. The van der Waals surface area contributed by atoms with Gasteiger partial charge in [-0.2, -0.15) is 5.10 Å². The topological polar surface area (TPSA) is 38.1 Å². The normalized spacial score (nSPS) is 12.9. The maximum Gasteiger partial charge on any atom is 0.0860 e. The van der Waals surface area contributed by atoms with Gasteiger partial charge in [-0.3, -0.25) is 4.68 Å². The Balaban J connectivity index is 2.04. The van der Waals surface area contributed by atoms with E-state index in [9.17, 15) is 5.11 Å². The van der Waals surface area contributed by atoms with Crippen LogP contribution in [0.1, 0.15) is 49.6 Å². The molecule has 1 N–H and O–H groups in total. The van der Waals surface area contributed by atoms with Crippen molar-refractivity contribution in [1.29, 1.82) is 0 Å². The van der Waals surface area contributed by atoms with Crippen LogP contribution in [0.2, 0.25) is 0 Å². The number of aliphatic hydroxyl groups is 1. The Hall–Kier alpha value is -1.61. The van der Waals surface area contributed by atoms with Crippen LogP contribution in [-0.4, -0.2) is 14.9 Å². The first-order valence-electron chi connectivity index (χ1n) is 6.90. The lowest BCUT2D eigenvalue weighted by Crippen LogP contribution is -2.02. The molecule has 1 aromatic heterocycles. The van der Waals surface area contributed by atoms with E-state index in [0.717, 1.165) is 17.5 Å². The highest BCUT2D eigenvalue weighted by Crippen LogP contribution is 2.19. The highest BCUT2D eigenvalue weighted by molar-refractivity contribution is 5.24. The fraction of sp³-hybridized carbons (Fsp3) is 0.438. The lowest BCUT2D eigenvalue weighted by molar-refractivity contribution is 0.178. The zero-order valence-corrected chi connectivity index (χ0v) is 11.9. The predicted molar refractivity (Wildman–Crippen MR) is 77.1 cm³/mol. The monoisotopic (exact) mass is 258 g/mol. The third-order valence-electron chi connectivity index (χ3n) is 3.40. The van der Waals surface area contributed by atoms with Crippen molar-refractivity contribution in [3.05, 3.63) is 53.3 Å². The van der Waals surface area contributed by atoms with Crippen molar-refractivity contribution in [3.8, 4) is 0 Å². The molecule has 2 aromatic rings. The molecule has 0 aliphatic carbocycles. The fourth-order valence-corrected chi connectivity index (χ4v) is 2.06. The van der Waals surface area contributed by atoms with E-state index >= 15 is 0 Å². The van der Waals surface area contributed by atoms with Crippen molar-refractivity contribution >= 4 is 0 Å². The number of benzene rings is 1. The van der Waals surface area contributed by atoms with Crippen molar-refractivity contribution in [3.63, 3.8) is 0 Å². The molecule has 2 rings (SSSR count). The van der Waals surface area contributed by atoms with E-state index in [1.165, 1.54) is 5.56 Å². The molecule has 0 saturated heterocycles. The van der Waals surface area contributed by atoms with E-state index in [1.807, 2.05) is 10.9 Å².